The number of ether oxygens (including phenoxy) is 1. The molecule has 5 nitrogen and oxygen atoms in total. The molecule has 106 valence electrons. The number of methoxy groups -OCH3 is 1. The van der Waals surface area contributed by atoms with Gasteiger partial charge in [0.1, 0.15) is 0 Å². The summed E-state index contributed by atoms with van der Waals surface area (Å²) in [6.07, 6.45) is 4.69. The highest BCUT2D eigenvalue weighted by Crippen LogP contribution is 2.26. The summed E-state index contributed by atoms with van der Waals surface area (Å²) in [6, 6.07) is 5.55. The first-order chi connectivity index (χ1) is 9.69. The standard InChI is InChI=1S/C15H18N2O3/c1-20-13-5-3-2-4-12(13)16-9-6-7-10-11(8-9)15(19)17-14(10)18/h6-8,12-13,16H,2-5H2,1H3,(H,17,18,19). The van der Waals surface area contributed by atoms with Crippen molar-refractivity contribution >= 4 is 17.5 Å². The number of carbonyl (C=O) groups excluding carboxylic acids is 2. The van der Waals surface area contributed by atoms with Crippen LogP contribution in [0.25, 0.3) is 0 Å². The molecule has 1 fully saturated rings. The van der Waals surface area contributed by atoms with Crippen molar-refractivity contribution in [2.75, 3.05) is 12.4 Å². The molecule has 20 heavy (non-hydrogen) atoms. The first-order valence-corrected chi connectivity index (χ1v) is 6.98. The molecule has 1 aliphatic heterocycles. The Bertz CT molecular complexity index is 556. The third-order valence-corrected chi connectivity index (χ3v) is 4.09. The zero-order valence-corrected chi connectivity index (χ0v) is 11.4. The summed E-state index contributed by atoms with van der Waals surface area (Å²) in [5.41, 5.74) is 1.76. The van der Waals surface area contributed by atoms with Gasteiger partial charge in [-0.25, -0.2) is 0 Å². The molecule has 1 saturated carbocycles. The normalized spacial score (nSPS) is 25.2. The number of nitrogens with one attached hydrogen (secondary N) is 2. The molecule has 0 radical (unpaired) electrons. The number of imide groups is 1. The van der Waals surface area contributed by atoms with Gasteiger partial charge in [0.2, 0.25) is 0 Å². The number of amides is 2. The fourth-order valence-electron chi connectivity index (χ4n) is 3.02. The summed E-state index contributed by atoms with van der Waals surface area (Å²) in [6.45, 7) is 0. The molecule has 1 heterocycles. The van der Waals surface area contributed by atoms with E-state index in [1.807, 2.05) is 6.07 Å². The highest BCUT2D eigenvalue weighted by molar-refractivity contribution is 6.21. The third-order valence-electron chi connectivity index (χ3n) is 4.09. The number of rotatable bonds is 3. The molecule has 2 aliphatic rings. The quantitative estimate of drug-likeness (QED) is 0.827. The molecule has 3 rings (SSSR count). The highest BCUT2D eigenvalue weighted by atomic mass is 16.5. The molecular formula is C15H18N2O3. The first-order valence-electron chi connectivity index (χ1n) is 6.98. The van der Waals surface area contributed by atoms with Crippen molar-refractivity contribution in [2.24, 2.45) is 0 Å². The highest BCUT2D eigenvalue weighted by Gasteiger charge is 2.28. The molecule has 0 bridgehead atoms. The molecule has 1 aromatic rings. The number of hydrogen-bond donors (Lipinski definition) is 2. The average molecular weight is 274 g/mol. The Labute approximate surface area is 117 Å². The fourth-order valence-corrected chi connectivity index (χ4v) is 3.02. The van der Waals surface area contributed by atoms with Crippen molar-refractivity contribution in [2.45, 2.75) is 37.8 Å². The number of anilines is 1. The van der Waals surface area contributed by atoms with E-state index in [1.54, 1.807) is 19.2 Å². The SMILES string of the molecule is COC1CCCCC1Nc1ccc2c(c1)C(=O)NC2=O. The van der Waals surface area contributed by atoms with Gasteiger partial charge in [0, 0.05) is 12.8 Å². The van der Waals surface area contributed by atoms with Gasteiger partial charge in [0.05, 0.1) is 23.3 Å². The Hall–Kier alpha value is -1.88. The number of carbonyl (C=O) groups is 2. The molecule has 1 aliphatic carbocycles. The van der Waals surface area contributed by atoms with Crippen LogP contribution in [0.4, 0.5) is 5.69 Å². The van der Waals surface area contributed by atoms with Crippen molar-refractivity contribution in [1.29, 1.82) is 0 Å². The Balaban J connectivity index is 1.80. The summed E-state index contributed by atoms with van der Waals surface area (Å²) in [4.78, 5) is 23.2. The van der Waals surface area contributed by atoms with E-state index in [4.69, 9.17) is 4.74 Å². The Kier molecular flexibility index (Phi) is 3.44. The van der Waals surface area contributed by atoms with Gasteiger partial charge in [0.15, 0.2) is 0 Å². The minimum absolute atomic E-state index is 0.201. The minimum atomic E-state index is -0.319. The van der Waals surface area contributed by atoms with Crippen LogP contribution in [0.3, 0.4) is 0 Å². The maximum absolute atomic E-state index is 11.7. The van der Waals surface area contributed by atoms with E-state index in [-0.39, 0.29) is 24.0 Å². The Morgan fingerprint density at radius 3 is 2.70 bits per heavy atom. The van der Waals surface area contributed by atoms with Crippen LogP contribution < -0.4 is 10.6 Å². The summed E-state index contributed by atoms with van der Waals surface area (Å²) in [5, 5.41) is 5.73. The second kappa shape index (κ2) is 5.25. The van der Waals surface area contributed by atoms with E-state index in [9.17, 15) is 9.59 Å². The molecule has 2 amide bonds. The van der Waals surface area contributed by atoms with Gasteiger partial charge in [0.25, 0.3) is 11.8 Å². The van der Waals surface area contributed by atoms with Crippen molar-refractivity contribution in [1.82, 2.24) is 5.32 Å². The van der Waals surface area contributed by atoms with Crippen LogP contribution in [0, 0.1) is 0 Å². The molecule has 2 atom stereocenters. The third kappa shape index (κ3) is 2.29. The smallest absolute Gasteiger partial charge is 0.259 e. The summed E-state index contributed by atoms with van der Waals surface area (Å²) < 4.78 is 5.51. The molecule has 1 aromatic carbocycles. The van der Waals surface area contributed by atoms with E-state index < -0.39 is 0 Å². The van der Waals surface area contributed by atoms with Crippen molar-refractivity contribution in [3.8, 4) is 0 Å². The summed E-state index contributed by atoms with van der Waals surface area (Å²) in [7, 11) is 1.74. The first kappa shape index (κ1) is 13.1. The monoisotopic (exact) mass is 274 g/mol. The predicted molar refractivity (Wildman–Crippen MR) is 74.9 cm³/mol. The molecule has 0 spiro atoms. The zero-order chi connectivity index (χ0) is 14.1. The average Bonchev–Trinajstić information content (AvgIpc) is 2.74. The van der Waals surface area contributed by atoms with Crippen LogP contribution in [0.15, 0.2) is 18.2 Å². The lowest BCUT2D eigenvalue weighted by Gasteiger charge is -2.31. The largest absolute Gasteiger partial charge is 0.380 e. The van der Waals surface area contributed by atoms with Crippen LogP contribution in [-0.4, -0.2) is 31.1 Å². The van der Waals surface area contributed by atoms with E-state index in [0.717, 1.165) is 18.5 Å². The zero-order valence-electron chi connectivity index (χ0n) is 11.4. The summed E-state index contributed by atoms with van der Waals surface area (Å²) in [5.74, 6) is -0.635. The van der Waals surface area contributed by atoms with Crippen LogP contribution in [-0.2, 0) is 4.74 Å². The molecule has 5 heteroatoms. The van der Waals surface area contributed by atoms with E-state index >= 15 is 0 Å². The maximum atomic E-state index is 11.7. The van der Waals surface area contributed by atoms with Gasteiger partial charge in [-0.2, -0.15) is 0 Å². The Morgan fingerprint density at radius 1 is 1.15 bits per heavy atom. The van der Waals surface area contributed by atoms with Gasteiger partial charge in [-0.3, -0.25) is 14.9 Å². The Morgan fingerprint density at radius 2 is 1.90 bits per heavy atom. The molecule has 2 N–H and O–H groups in total. The van der Waals surface area contributed by atoms with E-state index in [2.05, 4.69) is 10.6 Å². The van der Waals surface area contributed by atoms with Crippen LogP contribution in [0.2, 0.25) is 0 Å². The lowest BCUT2D eigenvalue weighted by atomic mass is 9.92. The molecule has 2 unspecified atom stereocenters. The van der Waals surface area contributed by atoms with Crippen LogP contribution in [0.1, 0.15) is 46.4 Å². The van der Waals surface area contributed by atoms with Crippen LogP contribution in [0.5, 0.6) is 0 Å². The maximum Gasteiger partial charge on any atom is 0.259 e. The lowest BCUT2D eigenvalue weighted by molar-refractivity contribution is 0.0606. The van der Waals surface area contributed by atoms with Gasteiger partial charge in [-0.15, -0.1) is 0 Å². The number of fused-ring (bicyclic) bond motifs is 1. The number of benzene rings is 1. The second-order valence-electron chi connectivity index (χ2n) is 5.35. The van der Waals surface area contributed by atoms with Crippen molar-refractivity contribution < 1.29 is 14.3 Å². The lowest BCUT2D eigenvalue weighted by Crippen LogP contribution is -2.37. The van der Waals surface area contributed by atoms with Crippen molar-refractivity contribution in [3.05, 3.63) is 29.3 Å². The number of hydrogen-bond acceptors (Lipinski definition) is 4. The van der Waals surface area contributed by atoms with Gasteiger partial charge in [-0.05, 0) is 31.0 Å². The molecular weight excluding hydrogens is 256 g/mol. The van der Waals surface area contributed by atoms with Gasteiger partial charge >= 0.3 is 0 Å². The van der Waals surface area contributed by atoms with E-state index in [1.165, 1.54) is 12.8 Å². The fraction of sp³-hybridized carbons (Fsp3) is 0.467. The van der Waals surface area contributed by atoms with Crippen LogP contribution >= 0.6 is 0 Å². The predicted octanol–water partition coefficient (Wildman–Crippen LogP) is 1.94. The van der Waals surface area contributed by atoms with Gasteiger partial charge in [-0.1, -0.05) is 12.8 Å². The van der Waals surface area contributed by atoms with Crippen molar-refractivity contribution in [3.63, 3.8) is 0 Å². The summed E-state index contributed by atoms with van der Waals surface area (Å²) >= 11 is 0. The second-order valence-corrected chi connectivity index (χ2v) is 5.35. The molecule has 0 saturated heterocycles. The van der Waals surface area contributed by atoms with Gasteiger partial charge < -0.3 is 10.1 Å². The molecule has 0 aromatic heterocycles. The van der Waals surface area contributed by atoms with E-state index in [0.29, 0.717) is 11.1 Å². The minimum Gasteiger partial charge on any atom is -0.380 e. The topological polar surface area (TPSA) is 67.4 Å².